The van der Waals surface area contributed by atoms with Gasteiger partial charge in [-0.05, 0) is 36.5 Å². The van der Waals surface area contributed by atoms with E-state index in [1.54, 1.807) is 0 Å². The highest BCUT2D eigenvalue weighted by Gasteiger charge is 2.25. The SMILES string of the molecule is CNc1onc2c1CCC(c1ccc(NC(C)=O)cc1)C2. The first-order chi connectivity index (χ1) is 10.2. The second-order valence-corrected chi connectivity index (χ2v) is 5.43. The van der Waals surface area contributed by atoms with Gasteiger partial charge in [0.15, 0.2) is 0 Å². The molecule has 1 aromatic heterocycles. The van der Waals surface area contributed by atoms with Crippen LogP contribution >= 0.6 is 0 Å². The number of fused-ring (bicyclic) bond motifs is 1. The summed E-state index contributed by atoms with van der Waals surface area (Å²) in [5, 5.41) is 10.00. The Hall–Kier alpha value is -2.30. The number of nitrogens with one attached hydrogen (secondary N) is 2. The molecule has 0 saturated carbocycles. The molecule has 1 heterocycles. The fourth-order valence-corrected chi connectivity index (χ4v) is 2.94. The predicted molar refractivity (Wildman–Crippen MR) is 81.6 cm³/mol. The molecule has 2 N–H and O–H groups in total. The lowest BCUT2D eigenvalue weighted by Gasteiger charge is -2.21. The van der Waals surface area contributed by atoms with Gasteiger partial charge in [0.25, 0.3) is 0 Å². The number of carbonyl (C=O) groups excluding carboxylic acids is 1. The maximum Gasteiger partial charge on any atom is 0.227 e. The van der Waals surface area contributed by atoms with Crippen LogP contribution in [0.15, 0.2) is 28.8 Å². The normalized spacial score (nSPS) is 17.1. The quantitative estimate of drug-likeness (QED) is 0.910. The monoisotopic (exact) mass is 285 g/mol. The minimum absolute atomic E-state index is 0.0488. The van der Waals surface area contributed by atoms with Gasteiger partial charge in [-0.1, -0.05) is 17.3 Å². The highest BCUT2D eigenvalue weighted by Crippen LogP contribution is 2.35. The first kappa shape index (κ1) is 13.7. The summed E-state index contributed by atoms with van der Waals surface area (Å²) < 4.78 is 5.31. The summed E-state index contributed by atoms with van der Waals surface area (Å²) in [6.45, 7) is 1.51. The van der Waals surface area contributed by atoms with E-state index in [4.69, 9.17) is 4.52 Å². The Morgan fingerprint density at radius 2 is 2.10 bits per heavy atom. The molecule has 5 heteroatoms. The summed E-state index contributed by atoms with van der Waals surface area (Å²) in [6.07, 6.45) is 2.97. The van der Waals surface area contributed by atoms with E-state index in [9.17, 15) is 4.79 Å². The van der Waals surface area contributed by atoms with E-state index in [0.717, 1.165) is 36.5 Å². The Kier molecular flexibility index (Phi) is 3.64. The number of hydrogen-bond acceptors (Lipinski definition) is 4. The van der Waals surface area contributed by atoms with E-state index in [-0.39, 0.29) is 5.91 Å². The van der Waals surface area contributed by atoms with Gasteiger partial charge in [-0.25, -0.2) is 0 Å². The average molecular weight is 285 g/mol. The fraction of sp³-hybridized carbons (Fsp3) is 0.375. The summed E-state index contributed by atoms with van der Waals surface area (Å²) in [5.41, 5.74) is 4.38. The summed E-state index contributed by atoms with van der Waals surface area (Å²) >= 11 is 0. The largest absolute Gasteiger partial charge is 0.357 e. The Morgan fingerprint density at radius 3 is 2.76 bits per heavy atom. The molecule has 1 unspecified atom stereocenters. The summed E-state index contributed by atoms with van der Waals surface area (Å²) in [4.78, 5) is 11.0. The lowest BCUT2D eigenvalue weighted by molar-refractivity contribution is -0.114. The van der Waals surface area contributed by atoms with Crippen LogP contribution in [0.3, 0.4) is 0 Å². The Labute approximate surface area is 123 Å². The molecule has 0 saturated heterocycles. The van der Waals surface area contributed by atoms with Gasteiger partial charge in [-0.3, -0.25) is 4.79 Å². The van der Waals surface area contributed by atoms with Crippen molar-refractivity contribution < 1.29 is 9.32 Å². The molecule has 0 aliphatic heterocycles. The molecule has 3 rings (SSSR count). The zero-order valence-electron chi connectivity index (χ0n) is 12.3. The van der Waals surface area contributed by atoms with Crippen LogP contribution < -0.4 is 10.6 Å². The van der Waals surface area contributed by atoms with Gasteiger partial charge in [0.1, 0.15) is 0 Å². The zero-order valence-corrected chi connectivity index (χ0v) is 12.3. The smallest absolute Gasteiger partial charge is 0.227 e. The van der Waals surface area contributed by atoms with Gasteiger partial charge >= 0.3 is 0 Å². The summed E-state index contributed by atoms with van der Waals surface area (Å²) in [7, 11) is 1.85. The molecule has 21 heavy (non-hydrogen) atoms. The number of anilines is 2. The van der Waals surface area contributed by atoms with Gasteiger partial charge in [-0.15, -0.1) is 0 Å². The molecule has 1 aliphatic carbocycles. The van der Waals surface area contributed by atoms with Crippen molar-refractivity contribution in [3.8, 4) is 0 Å². The molecule has 0 fully saturated rings. The van der Waals surface area contributed by atoms with Crippen molar-refractivity contribution in [3.63, 3.8) is 0 Å². The van der Waals surface area contributed by atoms with Gasteiger partial charge in [0.2, 0.25) is 11.8 Å². The van der Waals surface area contributed by atoms with E-state index in [1.165, 1.54) is 18.1 Å². The van der Waals surface area contributed by atoms with Crippen LogP contribution in [0.25, 0.3) is 0 Å². The minimum atomic E-state index is -0.0488. The number of hydrogen-bond donors (Lipinski definition) is 2. The third kappa shape index (κ3) is 2.77. The average Bonchev–Trinajstić information content (AvgIpc) is 2.89. The second kappa shape index (κ2) is 5.60. The third-order valence-corrected chi connectivity index (χ3v) is 3.98. The number of nitrogens with zero attached hydrogens (tertiary/aromatic N) is 1. The van der Waals surface area contributed by atoms with E-state index >= 15 is 0 Å². The minimum Gasteiger partial charge on any atom is -0.357 e. The molecule has 110 valence electrons. The van der Waals surface area contributed by atoms with Crippen molar-refractivity contribution in [2.24, 2.45) is 0 Å². The van der Waals surface area contributed by atoms with Crippen molar-refractivity contribution >= 4 is 17.5 Å². The summed E-state index contributed by atoms with van der Waals surface area (Å²) in [5.74, 6) is 1.20. The van der Waals surface area contributed by atoms with Crippen molar-refractivity contribution in [2.75, 3.05) is 17.7 Å². The number of benzene rings is 1. The number of rotatable bonds is 3. The van der Waals surface area contributed by atoms with Crippen molar-refractivity contribution in [1.82, 2.24) is 5.16 Å². The molecule has 5 nitrogen and oxygen atoms in total. The first-order valence-electron chi connectivity index (χ1n) is 7.20. The Morgan fingerprint density at radius 1 is 1.33 bits per heavy atom. The summed E-state index contributed by atoms with van der Waals surface area (Å²) in [6, 6.07) is 8.07. The first-order valence-corrected chi connectivity index (χ1v) is 7.20. The molecular formula is C16H19N3O2. The highest BCUT2D eigenvalue weighted by atomic mass is 16.5. The van der Waals surface area contributed by atoms with E-state index in [1.807, 2.05) is 19.2 Å². The van der Waals surface area contributed by atoms with Crippen molar-refractivity contribution in [2.45, 2.75) is 32.1 Å². The molecule has 0 bridgehead atoms. The number of carbonyl (C=O) groups is 1. The van der Waals surface area contributed by atoms with Gasteiger partial charge < -0.3 is 15.2 Å². The van der Waals surface area contributed by atoms with Crippen LogP contribution in [0.1, 0.15) is 36.1 Å². The van der Waals surface area contributed by atoms with E-state index in [0.29, 0.717) is 5.92 Å². The molecular weight excluding hydrogens is 266 g/mol. The Balaban J connectivity index is 1.75. The number of amides is 1. The topological polar surface area (TPSA) is 67.2 Å². The van der Waals surface area contributed by atoms with Gasteiger partial charge in [-0.2, -0.15) is 0 Å². The maximum absolute atomic E-state index is 11.0. The second-order valence-electron chi connectivity index (χ2n) is 5.43. The van der Waals surface area contributed by atoms with Crippen LogP contribution in [0.2, 0.25) is 0 Å². The van der Waals surface area contributed by atoms with E-state index < -0.39 is 0 Å². The van der Waals surface area contributed by atoms with Crippen molar-refractivity contribution in [3.05, 3.63) is 41.1 Å². The molecule has 1 atom stereocenters. The number of aromatic nitrogens is 1. The molecule has 0 radical (unpaired) electrons. The van der Waals surface area contributed by atoms with Crippen LogP contribution in [0, 0.1) is 0 Å². The molecule has 1 amide bonds. The molecule has 1 aromatic carbocycles. The maximum atomic E-state index is 11.0. The van der Waals surface area contributed by atoms with Gasteiger partial charge in [0.05, 0.1) is 5.69 Å². The molecule has 2 aromatic rings. The van der Waals surface area contributed by atoms with Crippen LogP contribution in [0.4, 0.5) is 11.6 Å². The van der Waals surface area contributed by atoms with Crippen LogP contribution in [-0.4, -0.2) is 18.1 Å². The molecule has 0 spiro atoms. The van der Waals surface area contributed by atoms with Crippen LogP contribution in [0.5, 0.6) is 0 Å². The Bertz CT molecular complexity index is 646. The standard InChI is InChI=1S/C16H19N3O2/c1-10(20)18-13-6-3-11(4-7-13)12-5-8-14-15(9-12)19-21-16(14)17-2/h3-4,6-7,12,17H,5,8-9H2,1-2H3,(H,18,20). The highest BCUT2D eigenvalue weighted by molar-refractivity contribution is 5.88. The van der Waals surface area contributed by atoms with Gasteiger partial charge in [0, 0.05) is 31.6 Å². The predicted octanol–water partition coefficient (Wildman–Crippen LogP) is 2.95. The molecule has 1 aliphatic rings. The zero-order chi connectivity index (χ0) is 14.8. The third-order valence-electron chi connectivity index (χ3n) is 3.98. The lowest BCUT2D eigenvalue weighted by Crippen LogP contribution is -2.13. The van der Waals surface area contributed by atoms with E-state index in [2.05, 4.69) is 27.9 Å². The van der Waals surface area contributed by atoms with Crippen LogP contribution in [-0.2, 0) is 17.6 Å². The lowest BCUT2D eigenvalue weighted by atomic mass is 9.83. The fourth-order valence-electron chi connectivity index (χ4n) is 2.94. The van der Waals surface area contributed by atoms with Crippen molar-refractivity contribution in [1.29, 1.82) is 0 Å².